The lowest BCUT2D eigenvalue weighted by atomic mass is 10.1. The molecule has 0 saturated carbocycles. The van der Waals surface area contributed by atoms with Crippen molar-refractivity contribution in [1.29, 1.82) is 0 Å². The molecule has 0 unspecified atom stereocenters. The third-order valence-corrected chi connectivity index (χ3v) is 3.61. The van der Waals surface area contributed by atoms with Gasteiger partial charge in [-0.05, 0) is 52.2 Å². The first kappa shape index (κ1) is 12.9. The molecule has 0 atom stereocenters. The van der Waals surface area contributed by atoms with E-state index >= 15 is 0 Å². The Balaban J connectivity index is 1.65. The summed E-state index contributed by atoms with van der Waals surface area (Å²) in [5.41, 5.74) is 8.49. The Kier molecular flexibility index (Phi) is 3.56. The van der Waals surface area contributed by atoms with E-state index in [4.69, 9.17) is 5.73 Å². The summed E-state index contributed by atoms with van der Waals surface area (Å²) in [5, 5.41) is 7.59. The van der Waals surface area contributed by atoms with Crippen LogP contribution < -0.4 is 11.1 Å². The van der Waals surface area contributed by atoms with E-state index in [1.807, 2.05) is 42.6 Å². The maximum atomic E-state index is 5.66. The highest BCUT2D eigenvalue weighted by Crippen LogP contribution is 2.16. The van der Waals surface area contributed by atoms with Gasteiger partial charge in [-0.2, -0.15) is 4.98 Å². The number of hydrogen-bond donors (Lipinski definition) is 2. The Hall–Kier alpha value is -2.08. The van der Waals surface area contributed by atoms with Crippen LogP contribution in [0.5, 0.6) is 0 Å². The fourth-order valence-corrected chi connectivity index (χ4v) is 2.37. The molecule has 3 rings (SSSR count). The monoisotopic (exact) mass is 331 g/mol. The van der Waals surface area contributed by atoms with Gasteiger partial charge in [0.2, 0.25) is 5.95 Å². The molecule has 0 fully saturated rings. The third-order valence-electron chi connectivity index (χ3n) is 2.99. The lowest BCUT2D eigenvalue weighted by Crippen LogP contribution is -2.06. The van der Waals surface area contributed by atoms with Crippen LogP contribution in [0.3, 0.4) is 0 Å². The lowest BCUT2D eigenvalue weighted by molar-refractivity contribution is 0.936. The first-order valence-electron chi connectivity index (χ1n) is 6.31. The highest BCUT2D eigenvalue weighted by Gasteiger charge is 2.05. The molecular weight excluding hydrogens is 318 g/mol. The average molecular weight is 332 g/mol. The van der Waals surface area contributed by atoms with Crippen LogP contribution in [0.1, 0.15) is 5.56 Å². The van der Waals surface area contributed by atoms with Gasteiger partial charge in [0, 0.05) is 18.4 Å². The Morgan fingerprint density at radius 2 is 2.00 bits per heavy atom. The lowest BCUT2D eigenvalue weighted by Gasteiger charge is -2.02. The predicted molar refractivity (Wildman–Crippen MR) is 83.7 cm³/mol. The molecule has 2 aromatic heterocycles. The van der Waals surface area contributed by atoms with Gasteiger partial charge in [-0.15, -0.1) is 5.10 Å². The van der Waals surface area contributed by atoms with Gasteiger partial charge in [0.15, 0.2) is 5.65 Å². The fourth-order valence-electron chi connectivity index (χ4n) is 1.95. The zero-order valence-corrected chi connectivity index (χ0v) is 12.3. The Bertz CT molecular complexity index is 720. The number of rotatable bonds is 4. The number of benzene rings is 1. The smallest absolute Gasteiger partial charge is 0.243 e. The van der Waals surface area contributed by atoms with Crippen LogP contribution in [0.2, 0.25) is 0 Å². The number of fused-ring (bicyclic) bond motifs is 1. The van der Waals surface area contributed by atoms with Crippen molar-refractivity contribution in [2.75, 3.05) is 17.6 Å². The molecule has 0 saturated heterocycles. The fraction of sp³-hybridized carbons (Fsp3) is 0.143. The molecule has 0 radical (unpaired) electrons. The Labute approximate surface area is 125 Å². The molecule has 0 amide bonds. The molecule has 20 heavy (non-hydrogen) atoms. The highest BCUT2D eigenvalue weighted by molar-refractivity contribution is 9.10. The molecule has 0 bridgehead atoms. The third kappa shape index (κ3) is 2.75. The molecule has 3 aromatic rings. The number of hydrogen-bond acceptors (Lipinski definition) is 4. The largest absolute Gasteiger partial charge is 0.399 e. The molecule has 6 heteroatoms. The maximum absolute atomic E-state index is 5.66. The van der Waals surface area contributed by atoms with E-state index in [9.17, 15) is 0 Å². The van der Waals surface area contributed by atoms with Crippen molar-refractivity contribution >= 4 is 33.2 Å². The van der Waals surface area contributed by atoms with Crippen LogP contribution in [0.25, 0.3) is 5.65 Å². The summed E-state index contributed by atoms with van der Waals surface area (Å²) < 4.78 is 2.68. The van der Waals surface area contributed by atoms with Crippen molar-refractivity contribution in [1.82, 2.24) is 14.6 Å². The van der Waals surface area contributed by atoms with Crippen LogP contribution >= 0.6 is 15.9 Å². The van der Waals surface area contributed by atoms with Crippen LogP contribution in [-0.2, 0) is 6.42 Å². The maximum Gasteiger partial charge on any atom is 0.243 e. The van der Waals surface area contributed by atoms with Crippen molar-refractivity contribution in [3.05, 3.63) is 52.6 Å². The van der Waals surface area contributed by atoms with Crippen LogP contribution in [0, 0.1) is 0 Å². The van der Waals surface area contributed by atoms with Crippen LogP contribution in [0.15, 0.2) is 47.1 Å². The first-order chi connectivity index (χ1) is 9.72. The Morgan fingerprint density at radius 3 is 2.75 bits per heavy atom. The summed E-state index contributed by atoms with van der Waals surface area (Å²) in [6, 6.07) is 11.8. The summed E-state index contributed by atoms with van der Waals surface area (Å²) in [6.45, 7) is 0.776. The average Bonchev–Trinajstić information content (AvgIpc) is 2.85. The highest BCUT2D eigenvalue weighted by atomic mass is 79.9. The summed E-state index contributed by atoms with van der Waals surface area (Å²) in [6.07, 6.45) is 2.77. The quantitative estimate of drug-likeness (QED) is 0.721. The van der Waals surface area contributed by atoms with E-state index in [1.165, 1.54) is 5.56 Å². The van der Waals surface area contributed by atoms with Crippen molar-refractivity contribution < 1.29 is 0 Å². The molecule has 0 aliphatic rings. The molecule has 2 heterocycles. The topological polar surface area (TPSA) is 68.2 Å². The number of nitrogens with two attached hydrogens (primary N) is 1. The van der Waals surface area contributed by atoms with Crippen LogP contribution in [-0.4, -0.2) is 21.1 Å². The molecule has 0 aliphatic heterocycles. The standard InChI is InChI=1S/C14H14BrN5/c15-12-2-1-9-20-13(12)18-14(19-20)17-8-7-10-3-5-11(16)6-4-10/h1-6,9H,7-8,16H2,(H,17,19). The normalized spacial score (nSPS) is 10.8. The summed E-state index contributed by atoms with van der Waals surface area (Å²) >= 11 is 3.46. The molecule has 3 N–H and O–H groups in total. The van der Waals surface area contributed by atoms with Crippen molar-refractivity contribution in [3.8, 4) is 0 Å². The number of nitrogen functional groups attached to an aromatic ring is 1. The van der Waals surface area contributed by atoms with Gasteiger partial charge in [0.05, 0.1) is 4.47 Å². The van der Waals surface area contributed by atoms with E-state index < -0.39 is 0 Å². The zero-order chi connectivity index (χ0) is 13.9. The minimum absolute atomic E-state index is 0.632. The van der Waals surface area contributed by atoms with Gasteiger partial charge in [0.1, 0.15) is 0 Å². The number of halogens is 1. The molecule has 0 aliphatic carbocycles. The van der Waals surface area contributed by atoms with Crippen molar-refractivity contribution in [2.24, 2.45) is 0 Å². The molecule has 0 spiro atoms. The summed E-state index contributed by atoms with van der Waals surface area (Å²) in [4.78, 5) is 4.43. The molecule has 5 nitrogen and oxygen atoms in total. The van der Waals surface area contributed by atoms with Gasteiger partial charge < -0.3 is 11.1 Å². The van der Waals surface area contributed by atoms with E-state index in [0.717, 1.165) is 28.8 Å². The van der Waals surface area contributed by atoms with E-state index in [0.29, 0.717) is 5.95 Å². The van der Waals surface area contributed by atoms with Gasteiger partial charge in [-0.25, -0.2) is 4.52 Å². The van der Waals surface area contributed by atoms with E-state index in [2.05, 4.69) is 31.3 Å². The number of nitrogens with one attached hydrogen (secondary N) is 1. The second-order valence-corrected chi connectivity index (χ2v) is 5.33. The zero-order valence-electron chi connectivity index (χ0n) is 10.8. The minimum atomic E-state index is 0.632. The van der Waals surface area contributed by atoms with Crippen LogP contribution in [0.4, 0.5) is 11.6 Å². The first-order valence-corrected chi connectivity index (χ1v) is 7.11. The van der Waals surface area contributed by atoms with Gasteiger partial charge in [0.25, 0.3) is 0 Å². The van der Waals surface area contributed by atoms with Crippen molar-refractivity contribution in [2.45, 2.75) is 6.42 Å². The number of pyridine rings is 1. The van der Waals surface area contributed by atoms with Gasteiger partial charge in [-0.3, -0.25) is 0 Å². The molecule has 102 valence electrons. The van der Waals surface area contributed by atoms with Crippen molar-refractivity contribution in [3.63, 3.8) is 0 Å². The van der Waals surface area contributed by atoms with Gasteiger partial charge >= 0.3 is 0 Å². The Morgan fingerprint density at radius 1 is 1.20 bits per heavy atom. The number of aromatic nitrogens is 3. The SMILES string of the molecule is Nc1ccc(CCNc2nc3c(Br)cccn3n2)cc1. The second kappa shape index (κ2) is 5.50. The molecular formula is C14H14BrN5. The van der Waals surface area contributed by atoms with Gasteiger partial charge in [-0.1, -0.05) is 12.1 Å². The number of nitrogens with zero attached hydrogens (tertiary/aromatic N) is 3. The second-order valence-electron chi connectivity index (χ2n) is 4.48. The van der Waals surface area contributed by atoms with E-state index in [1.54, 1.807) is 4.52 Å². The summed E-state index contributed by atoms with van der Waals surface area (Å²) in [7, 11) is 0. The minimum Gasteiger partial charge on any atom is -0.399 e. The number of anilines is 2. The van der Waals surface area contributed by atoms with E-state index in [-0.39, 0.29) is 0 Å². The molecule has 1 aromatic carbocycles. The predicted octanol–water partition coefficient (Wildman–Crippen LogP) is 2.73. The summed E-state index contributed by atoms with van der Waals surface area (Å²) in [5.74, 6) is 0.632.